The van der Waals surface area contributed by atoms with E-state index in [2.05, 4.69) is 11.3 Å². The number of rotatable bonds is 3. The zero-order valence-electron chi connectivity index (χ0n) is 8.87. The number of allylic oxidation sites excluding steroid dienone is 1. The van der Waals surface area contributed by atoms with Gasteiger partial charge in [-0.1, -0.05) is 13.5 Å². The number of hydrogen-bond acceptors (Lipinski definition) is 1. The topological polar surface area (TPSA) is 9.23 Å². The number of ether oxygens (including phenoxy) is 1. The van der Waals surface area contributed by atoms with Crippen LogP contribution in [-0.2, 0) is 0 Å². The van der Waals surface area contributed by atoms with E-state index in [0.29, 0.717) is 12.0 Å². The molecule has 0 aromatic heterocycles. The normalized spacial score (nSPS) is 11.4. The Bertz CT molecular complexity index is 413. The third kappa shape index (κ3) is 3.44. The minimum Gasteiger partial charge on any atom is -0.399 e. The lowest BCUT2D eigenvalue weighted by Crippen LogP contribution is -2.19. The van der Waals surface area contributed by atoms with Gasteiger partial charge in [0.25, 0.3) is 0 Å². The van der Waals surface area contributed by atoms with Gasteiger partial charge in [-0.2, -0.15) is 0 Å². The van der Waals surface area contributed by atoms with Crippen molar-refractivity contribution in [3.63, 3.8) is 0 Å². The van der Waals surface area contributed by atoms with Gasteiger partial charge in [0.15, 0.2) is 11.6 Å². The molecule has 0 saturated carbocycles. The highest BCUT2D eigenvalue weighted by molar-refractivity contribution is 5.64. The second-order valence-electron chi connectivity index (χ2n) is 3.27. The molecule has 0 fully saturated rings. The van der Waals surface area contributed by atoms with Gasteiger partial charge >= 0.3 is 6.36 Å². The van der Waals surface area contributed by atoms with Crippen LogP contribution in [0.2, 0.25) is 0 Å². The average molecular weight is 252 g/mol. The molecule has 0 amide bonds. The summed E-state index contributed by atoms with van der Waals surface area (Å²) in [5.41, 5.74) is 0.526. The van der Waals surface area contributed by atoms with Crippen molar-refractivity contribution in [3.05, 3.63) is 35.9 Å². The maximum absolute atomic E-state index is 13.2. The lowest BCUT2D eigenvalue weighted by atomic mass is 10.0. The summed E-state index contributed by atoms with van der Waals surface area (Å²) in [6.07, 6.45) is -4.71. The average Bonchev–Trinajstić information content (AvgIpc) is 2.20. The van der Waals surface area contributed by atoms with Crippen molar-refractivity contribution in [1.29, 1.82) is 0 Å². The third-order valence-corrected chi connectivity index (χ3v) is 2.05. The van der Waals surface area contributed by atoms with E-state index in [0.717, 1.165) is 12.1 Å². The lowest BCUT2D eigenvalue weighted by Gasteiger charge is -2.12. The van der Waals surface area contributed by atoms with Crippen LogP contribution < -0.4 is 4.74 Å². The van der Waals surface area contributed by atoms with Gasteiger partial charge in [-0.3, -0.25) is 0 Å². The molecule has 94 valence electrons. The van der Waals surface area contributed by atoms with Crippen LogP contribution in [0, 0.1) is 11.6 Å². The van der Waals surface area contributed by atoms with Crippen molar-refractivity contribution < 1.29 is 26.7 Å². The van der Waals surface area contributed by atoms with Gasteiger partial charge in [0.2, 0.25) is 5.75 Å². The van der Waals surface area contributed by atoms with E-state index in [1.54, 1.807) is 6.92 Å². The first kappa shape index (κ1) is 13.5. The summed E-state index contributed by atoms with van der Waals surface area (Å²) in [6.45, 7) is 5.24. The van der Waals surface area contributed by atoms with Crippen molar-refractivity contribution in [2.45, 2.75) is 19.7 Å². The molecular weight excluding hydrogens is 243 g/mol. The first-order valence-electron chi connectivity index (χ1n) is 4.67. The summed E-state index contributed by atoms with van der Waals surface area (Å²) < 4.78 is 65.3. The van der Waals surface area contributed by atoms with E-state index in [1.165, 1.54) is 0 Å². The van der Waals surface area contributed by atoms with E-state index in [1.807, 2.05) is 0 Å². The SMILES string of the molecule is C=C(CC)c1cc(F)c(OC(F)(F)F)c(F)c1. The Morgan fingerprint density at radius 2 is 1.71 bits per heavy atom. The van der Waals surface area contributed by atoms with Crippen LogP contribution in [0.4, 0.5) is 22.0 Å². The monoisotopic (exact) mass is 252 g/mol. The van der Waals surface area contributed by atoms with Crippen molar-refractivity contribution in [2.75, 3.05) is 0 Å². The minimum atomic E-state index is -5.13. The fourth-order valence-corrected chi connectivity index (χ4v) is 1.18. The lowest BCUT2D eigenvalue weighted by molar-refractivity contribution is -0.276. The molecule has 17 heavy (non-hydrogen) atoms. The highest BCUT2D eigenvalue weighted by atomic mass is 19.4. The molecule has 0 aliphatic carbocycles. The molecule has 0 radical (unpaired) electrons. The molecule has 1 rings (SSSR count). The quantitative estimate of drug-likeness (QED) is 0.729. The smallest absolute Gasteiger partial charge is 0.399 e. The van der Waals surface area contributed by atoms with Gasteiger partial charge in [0.1, 0.15) is 0 Å². The zero-order valence-corrected chi connectivity index (χ0v) is 8.87. The summed E-state index contributed by atoms with van der Waals surface area (Å²) in [6, 6.07) is 1.52. The van der Waals surface area contributed by atoms with Crippen molar-refractivity contribution >= 4 is 5.57 Å². The molecule has 0 spiro atoms. The first-order chi connectivity index (χ1) is 7.74. The molecule has 0 saturated heterocycles. The Morgan fingerprint density at radius 1 is 1.24 bits per heavy atom. The largest absolute Gasteiger partial charge is 0.573 e. The van der Waals surface area contributed by atoms with Gasteiger partial charge in [-0.05, 0) is 29.7 Å². The predicted molar refractivity (Wildman–Crippen MR) is 52.4 cm³/mol. The number of hydrogen-bond donors (Lipinski definition) is 0. The fourth-order valence-electron chi connectivity index (χ4n) is 1.18. The Balaban J connectivity index is 3.15. The first-order valence-corrected chi connectivity index (χ1v) is 4.67. The zero-order chi connectivity index (χ0) is 13.2. The van der Waals surface area contributed by atoms with E-state index >= 15 is 0 Å². The van der Waals surface area contributed by atoms with E-state index in [-0.39, 0.29) is 5.56 Å². The van der Waals surface area contributed by atoms with Gasteiger partial charge < -0.3 is 4.74 Å². The number of benzene rings is 1. The van der Waals surface area contributed by atoms with Crippen molar-refractivity contribution in [2.24, 2.45) is 0 Å². The van der Waals surface area contributed by atoms with Crippen molar-refractivity contribution in [3.8, 4) is 5.75 Å². The second-order valence-corrected chi connectivity index (χ2v) is 3.27. The predicted octanol–water partition coefficient (Wildman–Crippen LogP) is 4.29. The van der Waals surface area contributed by atoms with Crippen LogP contribution >= 0.6 is 0 Å². The van der Waals surface area contributed by atoms with Crippen LogP contribution in [0.25, 0.3) is 5.57 Å². The van der Waals surface area contributed by atoms with Gasteiger partial charge in [-0.15, -0.1) is 13.2 Å². The molecule has 1 aromatic rings. The Hall–Kier alpha value is -1.59. The van der Waals surface area contributed by atoms with Crippen LogP contribution in [0.5, 0.6) is 5.75 Å². The maximum Gasteiger partial charge on any atom is 0.573 e. The molecule has 6 heteroatoms. The minimum absolute atomic E-state index is 0.108. The molecule has 0 aliphatic heterocycles. The molecule has 1 nitrogen and oxygen atoms in total. The molecule has 0 heterocycles. The number of halogens is 5. The molecule has 0 aliphatic rings. The molecule has 0 unspecified atom stereocenters. The summed E-state index contributed by atoms with van der Waals surface area (Å²) in [4.78, 5) is 0. The summed E-state index contributed by atoms with van der Waals surface area (Å²) >= 11 is 0. The van der Waals surface area contributed by atoms with Crippen LogP contribution in [0.1, 0.15) is 18.9 Å². The number of alkyl halides is 3. The van der Waals surface area contributed by atoms with Crippen LogP contribution in [-0.4, -0.2) is 6.36 Å². The van der Waals surface area contributed by atoms with E-state index in [9.17, 15) is 22.0 Å². The van der Waals surface area contributed by atoms with Crippen LogP contribution in [0.15, 0.2) is 18.7 Å². The highest BCUT2D eigenvalue weighted by Crippen LogP contribution is 2.31. The third-order valence-electron chi connectivity index (χ3n) is 2.05. The summed E-state index contributed by atoms with van der Waals surface area (Å²) in [5, 5.41) is 0. The molecular formula is C11H9F5O. The van der Waals surface area contributed by atoms with Crippen molar-refractivity contribution in [1.82, 2.24) is 0 Å². The standard InChI is InChI=1S/C11H9F5O/c1-3-6(2)7-4-8(12)10(9(13)5-7)17-11(14,15)16/h4-5H,2-3H2,1H3. The maximum atomic E-state index is 13.2. The molecule has 0 bridgehead atoms. The van der Waals surface area contributed by atoms with Gasteiger partial charge in [0.05, 0.1) is 0 Å². The van der Waals surface area contributed by atoms with Crippen LogP contribution in [0.3, 0.4) is 0 Å². The van der Waals surface area contributed by atoms with E-state index in [4.69, 9.17) is 0 Å². The summed E-state index contributed by atoms with van der Waals surface area (Å²) in [7, 11) is 0. The second kappa shape index (κ2) is 4.73. The van der Waals surface area contributed by atoms with E-state index < -0.39 is 23.7 Å². The Morgan fingerprint density at radius 3 is 2.06 bits per heavy atom. The molecule has 0 N–H and O–H groups in total. The fraction of sp³-hybridized carbons (Fsp3) is 0.273. The molecule has 1 aromatic carbocycles. The summed E-state index contributed by atoms with van der Waals surface area (Å²) in [5.74, 6) is -4.27. The molecule has 0 atom stereocenters. The van der Waals surface area contributed by atoms with Gasteiger partial charge in [0, 0.05) is 0 Å². The Kier molecular flexibility index (Phi) is 3.75. The highest BCUT2D eigenvalue weighted by Gasteiger charge is 2.34. The van der Waals surface area contributed by atoms with Gasteiger partial charge in [-0.25, -0.2) is 8.78 Å². The Labute approximate surface area is 94.5 Å².